The third-order valence-electron chi connectivity index (χ3n) is 4.70. The van der Waals surface area contributed by atoms with Crippen LogP contribution in [0, 0.1) is 0 Å². The van der Waals surface area contributed by atoms with E-state index in [0.29, 0.717) is 6.10 Å². The molecule has 1 aliphatic carbocycles. The van der Waals surface area contributed by atoms with Crippen molar-refractivity contribution in [1.82, 2.24) is 10.6 Å². The minimum Gasteiger partial charge on any atom is -0.376 e. The Labute approximate surface area is 135 Å². The molecule has 2 rings (SSSR count). The number of rotatable bonds is 7. The Balaban J connectivity index is 1.78. The molecule has 1 aliphatic heterocycles. The Bertz CT molecular complexity index is 335. The van der Waals surface area contributed by atoms with E-state index in [2.05, 4.69) is 22.5 Å². The Morgan fingerprint density at radius 3 is 2.68 bits per heavy atom. The van der Waals surface area contributed by atoms with Gasteiger partial charge in [-0.05, 0) is 32.1 Å². The van der Waals surface area contributed by atoms with E-state index in [1.807, 2.05) is 7.05 Å². The fraction of sp³-hybridized carbons (Fsp3) is 0.941. The maximum absolute atomic E-state index is 6.22. The summed E-state index contributed by atoms with van der Waals surface area (Å²) in [4.78, 5) is 4.33. The molecule has 0 aromatic rings. The molecule has 5 heteroatoms. The molecule has 1 saturated carbocycles. The average molecular weight is 311 g/mol. The topological polar surface area (TPSA) is 54.9 Å². The summed E-state index contributed by atoms with van der Waals surface area (Å²) in [6, 6.07) is 0. The van der Waals surface area contributed by atoms with Crippen LogP contribution in [0.4, 0.5) is 0 Å². The summed E-state index contributed by atoms with van der Waals surface area (Å²) in [5.41, 5.74) is -0.00423. The van der Waals surface area contributed by atoms with Crippen LogP contribution in [-0.4, -0.2) is 51.0 Å². The molecule has 0 amide bonds. The van der Waals surface area contributed by atoms with Gasteiger partial charge in [-0.2, -0.15) is 0 Å². The Morgan fingerprint density at radius 1 is 1.23 bits per heavy atom. The average Bonchev–Trinajstić information content (AvgIpc) is 3.07. The molecule has 2 aliphatic rings. The monoisotopic (exact) mass is 311 g/mol. The predicted octanol–water partition coefficient (Wildman–Crippen LogP) is 2.46. The van der Waals surface area contributed by atoms with Crippen LogP contribution in [0.2, 0.25) is 0 Å². The zero-order valence-electron chi connectivity index (χ0n) is 14.3. The largest absolute Gasteiger partial charge is 0.376 e. The third-order valence-corrected chi connectivity index (χ3v) is 4.70. The second kappa shape index (κ2) is 9.36. The second-order valence-electron chi connectivity index (χ2n) is 6.53. The van der Waals surface area contributed by atoms with Crippen LogP contribution in [0.25, 0.3) is 0 Å². The maximum atomic E-state index is 6.22. The van der Waals surface area contributed by atoms with Crippen LogP contribution >= 0.6 is 0 Å². The van der Waals surface area contributed by atoms with Crippen LogP contribution < -0.4 is 10.6 Å². The maximum Gasteiger partial charge on any atom is 0.191 e. The summed E-state index contributed by atoms with van der Waals surface area (Å²) in [6.45, 7) is 5.60. The van der Waals surface area contributed by atoms with Gasteiger partial charge in [-0.3, -0.25) is 4.99 Å². The molecule has 0 radical (unpaired) electrons. The van der Waals surface area contributed by atoms with Gasteiger partial charge >= 0.3 is 0 Å². The number of aliphatic imine (C=N–C) groups is 1. The summed E-state index contributed by atoms with van der Waals surface area (Å²) in [7, 11) is 1.82. The van der Waals surface area contributed by atoms with Gasteiger partial charge in [0.25, 0.3) is 0 Å². The second-order valence-corrected chi connectivity index (χ2v) is 6.53. The van der Waals surface area contributed by atoms with Crippen molar-refractivity contribution in [3.8, 4) is 0 Å². The summed E-state index contributed by atoms with van der Waals surface area (Å²) < 4.78 is 11.9. The molecule has 5 nitrogen and oxygen atoms in total. The van der Waals surface area contributed by atoms with Crippen LogP contribution in [0.1, 0.15) is 58.3 Å². The van der Waals surface area contributed by atoms with Gasteiger partial charge in [0, 0.05) is 33.4 Å². The molecule has 0 aromatic carbocycles. The van der Waals surface area contributed by atoms with Crippen molar-refractivity contribution in [3.05, 3.63) is 0 Å². The fourth-order valence-electron chi connectivity index (χ4n) is 3.37. The first-order chi connectivity index (χ1) is 10.8. The highest BCUT2D eigenvalue weighted by Crippen LogP contribution is 2.31. The smallest absolute Gasteiger partial charge is 0.191 e. The van der Waals surface area contributed by atoms with Crippen LogP contribution in [-0.2, 0) is 9.47 Å². The molecular weight excluding hydrogens is 278 g/mol. The molecule has 1 unspecified atom stereocenters. The lowest BCUT2D eigenvalue weighted by Gasteiger charge is -2.37. The molecule has 22 heavy (non-hydrogen) atoms. The van der Waals surface area contributed by atoms with E-state index < -0.39 is 0 Å². The molecule has 1 saturated heterocycles. The van der Waals surface area contributed by atoms with Crippen molar-refractivity contribution in [2.75, 3.05) is 33.4 Å². The zero-order chi connectivity index (χ0) is 15.7. The van der Waals surface area contributed by atoms with Crippen molar-refractivity contribution >= 4 is 5.96 Å². The van der Waals surface area contributed by atoms with E-state index in [0.717, 1.165) is 57.9 Å². The fourth-order valence-corrected chi connectivity index (χ4v) is 3.37. The molecule has 0 spiro atoms. The third kappa shape index (κ3) is 5.43. The van der Waals surface area contributed by atoms with Crippen LogP contribution in [0.5, 0.6) is 0 Å². The van der Waals surface area contributed by atoms with E-state index in [1.165, 1.54) is 25.7 Å². The van der Waals surface area contributed by atoms with Gasteiger partial charge in [-0.25, -0.2) is 0 Å². The number of hydrogen-bond acceptors (Lipinski definition) is 3. The van der Waals surface area contributed by atoms with Crippen LogP contribution in [0.3, 0.4) is 0 Å². The summed E-state index contributed by atoms with van der Waals surface area (Å²) in [6.07, 6.45) is 9.92. The van der Waals surface area contributed by atoms with E-state index in [-0.39, 0.29) is 5.60 Å². The van der Waals surface area contributed by atoms with Gasteiger partial charge in [0.2, 0.25) is 0 Å². The molecular formula is C17H33N3O2. The molecule has 1 atom stereocenters. The van der Waals surface area contributed by atoms with Gasteiger partial charge < -0.3 is 20.1 Å². The Kier molecular flexibility index (Phi) is 7.46. The predicted molar refractivity (Wildman–Crippen MR) is 90.4 cm³/mol. The van der Waals surface area contributed by atoms with Gasteiger partial charge in [-0.1, -0.05) is 26.2 Å². The molecule has 1 heterocycles. The first-order valence-electron chi connectivity index (χ1n) is 8.98. The number of nitrogens with one attached hydrogen (secondary N) is 2. The van der Waals surface area contributed by atoms with Gasteiger partial charge in [-0.15, -0.1) is 0 Å². The first kappa shape index (κ1) is 17.5. The van der Waals surface area contributed by atoms with E-state index in [9.17, 15) is 0 Å². The van der Waals surface area contributed by atoms with E-state index in [1.54, 1.807) is 0 Å². The van der Waals surface area contributed by atoms with E-state index >= 15 is 0 Å². The number of nitrogens with zero attached hydrogens (tertiary/aromatic N) is 1. The Morgan fingerprint density at radius 2 is 2.05 bits per heavy atom. The van der Waals surface area contributed by atoms with Crippen molar-refractivity contribution in [2.45, 2.75) is 70.0 Å². The molecule has 0 aromatic heterocycles. The highest BCUT2D eigenvalue weighted by atomic mass is 16.5. The summed E-state index contributed by atoms with van der Waals surface area (Å²) in [5.74, 6) is 0.862. The van der Waals surface area contributed by atoms with Gasteiger partial charge in [0.1, 0.15) is 0 Å². The molecule has 0 bridgehead atoms. The SMILES string of the molecule is CCCOC1(CNC(=NC)NCC2CCCO2)CCCCC1. The first-order valence-corrected chi connectivity index (χ1v) is 8.98. The van der Waals surface area contributed by atoms with Crippen molar-refractivity contribution in [2.24, 2.45) is 4.99 Å². The minimum absolute atomic E-state index is 0.00423. The number of ether oxygens (including phenoxy) is 2. The quantitative estimate of drug-likeness (QED) is 0.560. The van der Waals surface area contributed by atoms with Crippen LogP contribution in [0.15, 0.2) is 4.99 Å². The zero-order valence-corrected chi connectivity index (χ0v) is 14.3. The van der Waals surface area contributed by atoms with Crippen molar-refractivity contribution in [3.63, 3.8) is 0 Å². The lowest BCUT2D eigenvalue weighted by molar-refractivity contribution is -0.0657. The highest BCUT2D eigenvalue weighted by Gasteiger charge is 2.33. The standard InChI is InChI=1S/C17H33N3O2/c1-3-11-22-17(9-5-4-6-10-17)14-20-16(18-2)19-13-15-8-7-12-21-15/h15H,3-14H2,1-2H3,(H2,18,19,20). The molecule has 2 N–H and O–H groups in total. The van der Waals surface area contributed by atoms with E-state index in [4.69, 9.17) is 9.47 Å². The van der Waals surface area contributed by atoms with Gasteiger partial charge in [0.15, 0.2) is 5.96 Å². The lowest BCUT2D eigenvalue weighted by atomic mass is 9.84. The minimum atomic E-state index is -0.00423. The number of hydrogen-bond donors (Lipinski definition) is 2. The van der Waals surface area contributed by atoms with Crippen molar-refractivity contribution < 1.29 is 9.47 Å². The molecule has 128 valence electrons. The molecule has 2 fully saturated rings. The van der Waals surface area contributed by atoms with Gasteiger partial charge in [0.05, 0.1) is 11.7 Å². The normalized spacial score (nSPS) is 25.2. The van der Waals surface area contributed by atoms with Crippen molar-refractivity contribution in [1.29, 1.82) is 0 Å². The highest BCUT2D eigenvalue weighted by molar-refractivity contribution is 5.79. The summed E-state index contributed by atoms with van der Waals surface area (Å²) in [5, 5.41) is 6.85. The Hall–Kier alpha value is -0.810. The summed E-state index contributed by atoms with van der Waals surface area (Å²) >= 11 is 0. The lowest BCUT2D eigenvalue weighted by Crippen LogP contribution is -2.50. The number of guanidine groups is 1.